The number of amides is 1. The first kappa shape index (κ1) is 20.2. The van der Waals surface area contributed by atoms with Crippen LogP contribution in [0.1, 0.15) is 36.6 Å². The molecule has 1 atom stereocenters. The number of nitrogens with zero attached hydrogens (tertiary/aromatic N) is 4. The van der Waals surface area contributed by atoms with E-state index in [1.165, 1.54) is 11.6 Å². The average molecular weight is 431 g/mol. The maximum Gasteiger partial charge on any atom is 0.332 e. The van der Waals surface area contributed by atoms with Gasteiger partial charge in [-0.1, -0.05) is 18.2 Å². The minimum absolute atomic E-state index is 0.0548. The topological polar surface area (TPSA) is 93.0 Å². The second kappa shape index (κ2) is 7.78. The summed E-state index contributed by atoms with van der Waals surface area (Å²) in [5.41, 5.74) is 2.29. The number of likely N-dealkylation sites (tertiary alicyclic amines) is 1. The van der Waals surface area contributed by atoms with E-state index in [2.05, 4.69) is 4.98 Å². The van der Waals surface area contributed by atoms with Gasteiger partial charge in [0, 0.05) is 37.7 Å². The van der Waals surface area contributed by atoms with E-state index in [0.29, 0.717) is 29.7 Å². The van der Waals surface area contributed by atoms with E-state index in [9.17, 15) is 14.4 Å². The molecule has 0 spiro atoms. The predicted molar refractivity (Wildman–Crippen MR) is 123 cm³/mol. The Kier molecular flexibility index (Phi) is 4.92. The highest BCUT2D eigenvalue weighted by molar-refractivity contribution is 5.89. The monoisotopic (exact) mass is 431 g/mol. The first-order valence-corrected chi connectivity index (χ1v) is 10.9. The second-order valence-corrected chi connectivity index (χ2v) is 8.45. The normalized spacial score (nSPS) is 16.7. The number of nitrogens with one attached hydrogen (secondary N) is 1. The number of aromatic amines is 1. The number of rotatable bonds is 3. The molecule has 1 N–H and O–H groups in total. The summed E-state index contributed by atoms with van der Waals surface area (Å²) in [5, 5.41) is 1.45. The Balaban J connectivity index is 1.50. The Morgan fingerprint density at radius 2 is 1.88 bits per heavy atom. The van der Waals surface area contributed by atoms with Crippen molar-refractivity contribution in [2.75, 3.05) is 6.54 Å². The molecule has 8 nitrogen and oxygen atoms in total. The van der Waals surface area contributed by atoms with Crippen LogP contribution in [0.4, 0.5) is 0 Å². The number of para-hydroxylation sites is 1. The standard InChI is InChI=1S/C24H25N5O3/c1-27-22-17(23(31)28(2)24(27)32)10-11-19(26-22)20-9-5-6-12-29(20)21(30)13-15-14-25-18-8-4-3-7-16(15)18/h3-4,7-8,10-11,14,20,25H,5-6,9,12-13H2,1-2H3/t20-/m0/s1. The van der Waals surface area contributed by atoms with Crippen LogP contribution < -0.4 is 11.2 Å². The summed E-state index contributed by atoms with van der Waals surface area (Å²) in [6.07, 6.45) is 4.96. The maximum absolute atomic E-state index is 13.4. The molecule has 0 bridgehead atoms. The summed E-state index contributed by atoms with van der Waals surface area (Å²) in [5.74, 6) is 0.0548. The molecule has 5 rings (SSSR count). The second-order valence-electron chi connectivity index (χ2n) is 8.45. The Bertz CT molecular complexity index is 1460. The number of aryl methyl sites for hydroxylation is 1. The Labute approximate surface area is 184 Å². The number of hydrogen-bond acceptors (Lipinski definition) is 4. The van der Waals surface area contributed by atoms with Gasteiger partial charge >= 0.3 is 5.69 Å². The van der Waals surface area contributed by atoms with Gasteiger partial charge in [-0.15, -0.1) is 0 Å². The van der Waals surface area contributed by atoms with E-state index in [1.54, 1.807) is 13.1 Å². The van der Waals surface area contributed by atoms with E-state index in [0.717, 1.165) is 40.3 Å². The van der Waals surface area contributed by atoms with Crippen LogP contribution in [0.5, 0.6) is 0 Å². The minimum Gasteiger partial charge on any atom is -0.361 e. The van der Waals surface area contributed by atoms with Gasteiger partial charge in [-0.3, -0.25) is 18.7 Å². The Morgan fingerprint density at radius 1 is 1.06 bits per heavy atom. The molecule has 3 aromatic heterocycles. The van der Waals surface area contributed by atoms with Crippen LogP contribution in [0.15, 0.2) is 52.2 Å². The van der Waals surface area contributed by atoms with Gasteiger partial charge in [-0.25, -0.2) is 9.78 Å². The highest BCUT2D eigenvalue weighted by Crippen LogP contribution is 2.31. The summed E-state index contributed by atoms with van der Waals surface area (Å²) < 4.78 is 2.47. The van der Waals surface area contributed by atoms with Crippen LogP contribution >= 0.6 is 0 Å². The maximum atomic E-state index is 13.4. The van der Waals surface area contributed by atoms with E-state index in [1.807, 2.05) is 41.4 Å². The molecule has 4 heterocycles. The van der Waals surface area contributed by atoms with E-state index < -0.39 is 5.69 Å². The van der Waals surface area contributed by atoms with Crippen molar-refractivity contribution in [2.45, 2.75) is 31.7 Å². The number of benzene rings is 1. The minimum atomic E-state index is -0.414. The number of aromatic nitrogens is 4. The molecule has 4 aromatic rings. The van der Waals surface area contributed by atoms with Gasteiger partial charge in [0.15, 0.2) is 0 Å². The molecule has 1 aliphatic heterocycles. The molecular weight excluding hydrogens is 406 g/mol. The number of carbonyl (C=O) groups excluding carboxylic acids is 1. The van der Waals surface area contributed by atoms with Crippen LogP contribution in [0.3, 0.4) is 0 Å². The van der Waals surface area contributed by atoms with E-state index >= 15 is 0 Å². The van der Waals surface area contributed by atoms with Crippen LogP contribution in [0.2, 0.25) is 0 Å². The molecule has 1 fully saturated rings. The number of hydrogen-bond donors (Lipinski definition) is 1. The van der Waals surface area contributed by atoms with Crippen LogP contribution in [-0.4, -0.2) is 36.5 Å². The predicted octanol–water partition coefficient (Wildman–Crippen LogP) is 2.41. The smallest absolute Gasteiger partial charge is 0.332 e. The zero-order chi connectivity index (χ0) is 22.4. The van der Waals surface area contributed by atoms with Gasteiger partial charge in [0.2, 0.25) is 5.91 Å². The van der Waals surface area contributed by atoms with Gasteiger partial charge in [-0.05, 0) is 43.0 Å². The fourth-order valence-corrected chi connectivity index (χ4v) is 4.73. The number of carbonyl (C=O) groups is 1. The lowest BCUT2D eigenvalue weighted by molar-refractivity contribution is -0.134. The molecule has 32 heavy (non-hydrogen) atoms. The van der Waals surface area contributed by atoms with Crippen molar-refractivity contribution >= 4 is 27.8 Å². The van der Waals surface area contributed by atoms with Gasteiger partial charge in [0.25, 0.3) is 5.56 Å². The Hall–Kier alpha value is -3.68. The molecule has 0 saturated carbocycles. The highest BCUT2D eigenvalue weighted by atomic mass is 16.2. The van der Waals surface area contributed by atoms with E-state index in [-0.39, 0.29) is 17.5 Å². The summed E-state index contributed by atoms with van der Waals surface area (Å²) >= 11 is 0. The molecule has 0 unspecified atom stereocenters. The largest absolute Gasteiger partial charge is 0.361 e. The average Bonchev–Trinajstić information content (AvgIpc) is 3.23. The lowest BCUT2D eigenvalue weighted by atomic mass is 9.97. The number of H-pyrrole nitrogens is 1. The molecule has 164 valence electrons. The van der Waals surface area contributed by atoms with Gasteiger partial charge in [0.05, 0.1) is 23.5 Å². The summed E-state index contributed by atoms with van der Waals surface area (Å²) in [6.45, 7) is 0.668. The lowest BCUT2D eigenvalue weighted by Crippen LogP contribution is -2.40. The third kappa shape index (κ3) is 3.23. The van der Waals surface area contributed by atoms with Crippen molar-refractivity contribution < 1.29 is 4.79 Å². The molecule has 1 saturated heterocycles. The zero-order valence-electron chi connectivity index (χ0n) is 18.2. The summed E-state index contributed by atoms with van der Waals surface area (Å²) in [4.78, 5) is 48.0. The number of fused-ring (bicyclic) bond motifs is 2. The van der Waals surface area contributed by atoms with Crippen molar-refractivity contribution in [3.8, 4) is 0 Å². The number of pyridine rings is 1. The third-order valence-electron chi connectivity index (χ3n) is 6.50. The lowest BCUT2D eigenvalue weighted by Gasteiger charge is -2.35. The van der Waals surface area contributed by atoms with Crippen molar-refractivity contribution in [1.82, 2.24) is 24.0 Å². The fourth-order valence-electron chi connectivity index (χ4n) is 4.73. The van der Waals surface area contributed by atoms with Gasteiger partial charge < -0.3 is 9.88 Å². The highest BCUT2D eigenvalue weighted by Gasteiger charge is 2.30. The number of piperidine rings is 1. The van der Waals surface area contributed by atoms with Crippen molar-refractivity contribution in [2.24, 2.45) is 14.1 Å². The molecule has 1 aromatic carbocycles. The van der Waals surface area contributed by atoms with Gasteiger partial charge in [0.1, 0.15) is 5.65 Å². The van der Waals surface area contributed by atoms with Crippen LogP contribution in [-0.2, 0) is 25.3 Å². The molecule has 8 heteroatoms. The molecular formula is C24H25N5O3. The van der Waals surface area contributed by atoms with Gasteiger partial charge in [-0.2, -0.15) is 0 Å². The molecule has 0 radical (unpaired) electrons. The quantitative estimate of drug-likeness (QED) is 0.539. The SMILES string of the molecule is Cn1c(=O)c2ccc([C@@H]3CCCCN3C(=O)Cc3c[nH]c4ccccc34)nc2n(C)c1=O. The van der Waals surface area contributed by atoms with Crippen LogP contribution in [0, 0.1) is 0 Å². The first-order valence-electron chi connectivity index (χ1n) is 10.9. The van der Waals surface area contributed by atoms with E-state index in [4.69, 9.17) is 4.98 Å². The zero-order valence-corrected chi connectivity index (χ0v) is 18.2. The van der Waals surface area contributed by atoms with Crippen molar-refractivity contribution in [1.29, 1.82) is 0 Å². The summed E-state index contributed by atoms with van der Waals surface area (Å²) in [7, 11) is 3.08. The fraction of sp³-hybridized carbons (Fsp3) is 0.333. The molecule has 0 aliphatic carbocycles. The Morgan fingerprint density at radius 3 is 2.72 bits per heavy atom. The van der Waals surface area contributed by atoms with Crippen molar-refractivity contribution in [3.05, 3.63) is 74.7 Å². The van der Waals surface area contributed by atoms with Crippen molar-refractivity contribution in [3.63, 3.8) is 0 Å². The molecule has 1 amide bonds. The first-order chi connectivity index (χ1) is 15.5. The van der Waals surface area contributed by atoms with Crippen LogP contribution in [0.25, 0.3) is 21.9 Å². The molecule has 1 aliphatic rings. The third-order valence-corrected chi connectivity index (χ3v) is 6.50. The summed E-state index contributed by atoms with van der Waals surface area (Å²) in [6, 6.07) is 11.3.